The van der Waals surface area contributed by atoms with Crippen LogP contribution in [-0.2, 0) is 4.74 Å². The summed E-state index contributed by atoms with van der Waals surface area (Å²) in [6, 6.07) is 0. The number of nitrogens with zero attached hydrogens (tertiary/aromatic N) is 1. The average molecular weight is 179 g/mol. The largest absolute Gasteiger partial charge is 0.450 e. The molecule has 2 N–H and O–H groups in total. The number of aliphatic hydroxyl groups excluding tert-OH is 2. The highest BCUT2D eigenvalue weighted by Crippen LogP contribution is 1.82. The zero-order valence-electron chi connectivity index (χ0n) is 7.78. The zero-order chi connectivity index (χ0) is 9.98. The van der Waals surface area contributed by atoms with Gasteiger partial charge in [0.25, 0.3) is 0 Å². The van der Waals surface area contributed by atoms with E-state index in [2.05, 4.69) is 4.74 Å². The van der Waals surface area contributed by atoms with Crippen LogP contribution in [0.1, 0.15) is 6.92 Å². The molecule has 1 amide bonds. The Morgan fingerprint density at radius 3 is 1.83 bits per heavy atom. The van der Waals surface area contributed by atoms with Crippen molar-refractivity contribution in [3.05, 3.63) is 0 Å². The van der Waals surface area contributed by atoms with E-state index in [1.807, 2.05) is 0 Å². The number of amides is 1. The monoisotopic (exact) mass is 179 g/mol. The van der Waals surface area contributed by atoms with Crippen molar-refractivity contribution < 1.29 is 19.7 Å². The fraction of sp³-hybridized carbons (Fsp3) is 0.857. The van der Waals surface area contributed by atoms with E-state index in [0.29, 0.717) is 6.61 Å². The van der Waals surface area contributed by atoms with Crippen molar-refractivity contribution in [1.82, 2.24) is 4.90 Å². The van der Waals surface area contributed by atoms with Crippen LogP contribution < -0.4 is 0 Å². The summed E-state index contributed by atoms with van der Waals surface area (Å²) in [5, 5.41) is 15.2. The summed E-state index contributed by atoms with van der Waals surface area (Å²) in [6.45, 7) is 1.97. The van der Waals surface area contributed by atoms with Gasteiger partial charge in [-0.2, -0.15) is 0 Å². The molecule has 5 nitrogen and oxygen atoms in total. The van der Waals surface area contributed by atoms with Crippen LogP contribution in [0.25, 0.3) is 0 Å². The maximum atomic E-state index is 10.4. The van der Waals surface area contributed by atoms with Crippen molar-refractivity contribution in [1.29, 1.82) is 0 Å². The molecule has 0 saturated carbocycles. The minimum Gasteiger partial charge on any atom is -0.450 e. The van der Waals surface area contributed by atoms with Gasteiger partial charge in [-0.25, -0.2) is 4.79 Å². The van der Waals surface area contributed by atoms with E-state index in [-0.39, 0.29) is 19.3 Å². The lowest BCUT2D eigenvalue weighted by Crippen LogP contribution is -2.22. The Balaban J connectivity index is 0. The SMILES string of the molecule is CCOC(=O)N(C)C.OCCO. The van der Waals surface area contributed by atoms with Crippen molar-refractivity contribution >= 4 is 6.09 Å². The molecule has 0 bridgehead atoms. The number of ether oxygens (including phenoxy) is 1. The molecule has 12 heavy (non-hydrogen) atoms. The van der Waals surface area contributed by atoms with Crippen LogP contribution >= 0.6 is 0 Å². The lowest BCUT2D eigenvalue weighted by atomic mass is 10.8. The maximum absolute atomic E-state index is 10.4. The van der Waals surface area contributed by atoms with E-state index >= 15 is 0 Å². The van der Waals surface area contributed by atoms with Gasteiger partial charge >= 0.3 is 6.09 Å². The summed E-state index contributed by atoms with van der Waals surface area (Å²) >= 11 is 0. The van der Waals surface area contributed by atoms with Gasteiger partial charge < -0.3 is 19.8 Å². The van der Waals surface area contributed by atoms with Crippen LogP contribution in [0.5, 0.6) is 0 Å². The minimum absolute atomic E-state index is 0.125. The zero-order valence-corrected chi connectivity index (χ0v) is 7.78. The molecule has 5 heteroatoms. The number of hydrogen-bond donors (Lipinski definition) is 2. The van der Waals surface area contributed by atoms with E-state index in [1.54, 1.807) is 21.0 Å². The number of aliphatic hydroxyl groups is 2. The summed E-state index contributed by atoms with van der Waals surface area (Å²) in [5.74, 6) is 0. The molecule has 0 saturated heterocycles. The Hall–Kier alpha value is -0.810. The van der Waals surface area contributed by atoms with Crippen LogP contribution in [0.15, 0.2) is 0 Å². The Morgan fingerprint density at radius 2 is 1.75 bits per heavy atom. The second-order valence-electron chi connectivity index (χ2n) is 2.04. The summed E-state index contributed by atoms with van der Waals surface area (Å²) < 4.78 is 4.59. The third kappa shape index (κ3) is 11.9. The molecule has 0 spiro atoms. The third-order valence-corrected chi connectivity index (χ3v) is 0.733. The molecule has 0 unspecified atom stereocenters. The summed E-state index contributed by atoms with van der Waals surface area (Å²) in [5.41, 5.74) is 0. The quantitative estimate of drug-likeness (QED) is 0.609. The Morgan fingerprint density at radius 1 is 1.33 bits per heavy atom. The first kappa shape index (κ1) is 13.8. The smallest absolute Gasteiger partial charge is 0.409 e. The molecule has 0 heterocycles. The Kier molecular flexibility index (Phi) is 11.7. The second kappa shape index (κ2) is 10.2. The van der Waals surface area contributed by atoms with E-state index in [4.69, 9.17) is 10.2 Å². The molecule has 0 aromatic rings. The lowest BCUT2D eigenvalue weighted by molar-refractivity contribution is 0.124. The van der Waals surface area contributed by atoms with E-state index in [0.717, 1.165) is 0 Å². The predicted octanol–water partition coefficient (Wildman–Crippen LogP) is -0.325. The van der Waals surface area contributed by atoms with Gasteiger partial charge in [0.2, 0.25) is 0 Å². The lowest BCUT2D eigenvalue weighted by Gasteiger charge is -2.07. The van der Waals surface area contributed by atoms with Crippen molar-refractivity contribution in [3.8, 4) is 0 Å². The van der Waals surface area contributed by atoms with Gasteiger partial charge in [0, 0.05) is 14.1 Å². The number of hydrogen-bond acceptors (Lipinski definition) is 4. The fourth-order valence-corrected chi connectivity index (χ4v) is 0.253. The van der Waals surface area contributed by atoms with Gasteiger partial charge in [0.15, 0.2) is 0 Å². The molecule has 0 atom stereocenters. The molecule has 0 radical (unpaired) electrons. The van der Waals surface area contributed by atoms with Crippen LogP contribution in [0, 0.1) is 0 Å². The van der Waals surface area contributed by atoms with Crippen molar-refractivity contribution in [2.45, 2.75) is 6.92 Å². The average Bonchev–Trinajstić information content (AvgIpc) is 2.05. The van der Waals surface area contributed by atoms with Crippen LogP contribution in [0.4, 0.5) is 4.79 Å². The minimum atomic E-state index is -0.285. The highest BCUT2D eigenvalue weighted by atomic mass is 16.5. The van der Waals surface area contributed by atoms with E-state index in [1.165, 1.54) is 4.90 Å². The fourth-order valence-electron chi connectivity index (χ4n) is 0.253. The van der Waals surface area contributed by atoms with Crippen LogP contribution in [-0.4, -0.2) is 55.1 Å². The van der Waals surface area contributed by atoms with Gasteiger partial charge in [-0.3, -0.25) is 0 Å². The van der Waals surface area contributed by atoms with E-state index in [9.17, 15) is 4.79 Å². The van der Waals surface area contributed by atoms with Gasteiger partial charge in [-0.05, 0) is 6.92 Å². The molecule has 0 rings (SSSR count). The molecule has 0 aliphatic heterocycles. The second-order valence-corrected chi connectivity index (χ2v) is 2.04. The first-order chi connectivity index (χ1) is 5.59. The molecule has 74 valence electrons. The van der Waals surface area contributed by atoms with Crippen molar-refractivity contribution in [3.63, 3.8) is 0 Å². The number of carbonyl (C=O) groups is 1. The molecule has 0 aliphatic carbocycles. The summed E-state index contributed by atoms with van der Waals surface area (Å²) in [7, 11) is 3.30. The normalized spacial score (nSPS) is 8.08. The van der Waals surface area contributed by atoms with E-state index < -0.39 is 0 Å². The molecule has 0 fully saturated rings. The molecule has 0 aromatic carbocycles. The highest BCUT2D eigenvalue weighted by molar-refractivity contribution is 5.66. The van der Waals surface area contributed by atoms with Gasteiger partial charge in [-0.1, -0.05) is 0 Å². The van der Waals surface area contributed by atoms with Crippen LogP contribution in [0.3, 0.4) is 0 Å². The Labute approximate surface area is 72.6 Å². The molecule has 0 aliphatic rings. The Bertz CT molecular complexity index is 104. The third-order valence-electron chi connectivity index (χ3n) is 0.733. The molecule has 0 aromatic heterocycles. The molecular formula is C7H17NO4. The number of rotatable bonds is 2. The first-order valence-corrected chi connectivity index (χ1v) is 3.65. The van der Waals surface area contributed by atoms with Gasteiger partial charge in [0.05, 0.1) is 19.8 Å². The standard InChI is InChI=1S/C5H11NO2.C2H6O2/c1-4-8-5(7)6(2)3;3-1-2-4/h4H2,1-3H3;3-4H,1-2H2. The molecular weight excluding hydrogens is 162 g/mol. The number of carbonyl (C=O) groups excluding carboxylic acids is 1. The predicted molar refractivity (Wildman–Crippen MR) is 44.9 cm³/mol. The topological polar surface area (TPSA) is 70.0 Å². The summed E-state index contributed by atoms with van der Waals surface area (Å²) in [6.07, 6.45) is -0.285. The van der Waals surface area contributed by atoms with Crippen molar-refractivity contribution in [2.75, 3.05) is 33.9 Å². The van der Waals surface area contributed by atoms with Gasteiger partial charge in [0.1, 0.15) is 0 Å². The highest BCUT2D eigenvalue weighted by Gasteiger charge is 1.99. The maximum Gasteiger partial charge on any atom is 0.409 e. The van der Waals surface area contributed by atoms with Crippen molar-refractivity contribution in [2.24, 2.45) is 0 Å². The summed E-state index contributed by atoms with van der Waals surface area (Å²) in [4.78, 5) is 11.8. The van der Waals surface area contributed by atoms with Gasteiger partial charge in [-0.15, -0.1) is 0 Å². The van der Waals surface area contributed by atoms with Crippen LogP contribution in [0.2, 0.25) is 0 Å². The first-order valence-electron chi connectivity index (χ1n) is 3.65.